The second kappa shape index (κ2) is 7.74. The van der Waals surface area contributed by atoms with Crippen molar-refractivity contribution < 1.29 is 9.53 Å². The average Bonchev–Trinajstić information content (AvgIpc) is 2.73. The minimum absolute atomic E-state index is 0.176. The third kappa shape index (κ3) is 3.92. The maximum absolute atomic E-state index is 12.6. The third-order valence-corrected chi connectivity index (χ3v) is 5.24. The Bertz CT molecular complexity index is 949. The highest BCUT2D eigenvalue weighted by atomic mass is 16.5. The van der Waals surface area contributed by atoms with Crippen LogP contribution in [0.25, 0.3) is 11.0 Å². The van der Waals surface area contributed by atoms with Gasteiger partial charge in [0.05, 0.1) is 13.5 Å². The van der Waals surface area contributed by atoms with Crippen LogP contribution in [0.2, 0.25) is 0 Å². The van der Waals surface area contributed by atoms with Gasteiger partial charge in [-0.3, -0.25) is 4.79 Å². The number of aromatic nitrogens is 2. The van der Waals surface area contributed by atoms with Crippen molar-refractivity contribution in [1.82, 2.24) is 14.9 Å². The molecule has 0 N–H and O–H groups in total. The molecular formula is C22H23N3O2. The highest BCUT2D eigenvalue weighted by molar-refractivity contribution is 5.79. The molecule has 0 radical (unpaired) electrons. The monoisotopic (exact) mass is 361 g/mol. The predicted octanol–water partition coefficient (Wildman–Crippen LogP) is 3.59. The summed E-state index contributed by atoms with van der Waals surface area (Å²) >= 11 is 0. The molecule has 3 heterocycles. The summed E-state index contributed by atoms with van der Waals surface area (Å²) in [7, 11) is 1.64. The number of amides is 1. The van der Waals surface area contributed by atoms with Crippen molar-refractivity contribution in [3.8, 4) is 5.75 Å². The van der Waals surface area contributed by atoms with Crippen LogP contribution in [0.4, 0.5) is 0 Å². The fourth-order valence-electron chi connectivity index (χ4n) is 3.69. The van der Waals surface area contributed by atoms with Gasteiger partial charge in [-0.15, -0.1) is 0 Å². The molecule has 0 saturated carbocycles. The minimum atomic E-state index is 0.176. The van der Waals surface area contributed by atoms with E-state index in [2.05, 4.69) is 17.1 Å². The molecule has 0 unspecified atom stereocenters. The molecule has 4 rings (SSSR count). The first-order valence-electron chi connectivity index (χ1n) is 9.35. The maximum atomic E-state index is 12.6. The van der Waals surface area contributed by atoms with Gasteiger partial charge < -0.3 is 9.64 Å². The van der Waals surface area contributed by atoms with Gasteiger partial charge in [0, 0.05) is 36.3 Å². The predicted molar refractivity (Wildman–Crippen MR) is 105 cm³/mol. The number of carbonyl (C=O) groups excluding carboxylic acids is 1. The van der Waals surface area contributed by atoms with Crippen molar-refractivity contribution >= 4 is 16.9 Å². The lowest BCUT2D eigenvalue weighted by Crippen LogP contribution is -2.38. The van der Waals surface area contributed by atoms with Gasteiger partial charge >= 0.3 is 0 Å². The van der Waals surface area contributed by atoms with E-state index in [9.17, 15) is 4.79 Å². The molecule has 1 amide bonds. The highest BCUT2D eigenvalue weighted by Gasteiger charge is 2.24. The normalized spacial score (nSPS) is 15.1. The fourth-order valence-corrected chi connectivity index (χ4v) is 3.69. The van der Waals surface area contributed by atoms with Gasteiger partial charge in [0.25, 0.3) is 0 Å². The smallest absolute Gasteiger partial charge is 0.226 e. The Hall–Kier alpha value is -2.95. The number of rotatable bonds is 4. The summed E-state index contributed by atoms with van der Waals surface area (Å²) in [4.78, 5) is 23.7. The number of ether oxygens (including phenoxy) is 1. The van der Waals surface area contributed by atoms with Gasteiger partial charge in [-0.1, -0.05) is 12.1 Å². The molecule has 1 aliphatic rings. The van der Waals surface area contributed by atoms with Crippen molar-refractivity contribution in [3.05, 3.63) is 66.0 Å². The maximum Gasteiger partial charge on any atom is 0.226 e. The lowest BCUT2D eigenvalue weighted by molar-refractivity contribution is -0.131. The van der Waals surface area contributed by atoms with Crippen LogP contribution in [0.15, 0.2) is 54.7 Å². The highest BCUT2D eigenvalue weighted by Crippen LogP contribution is 2.28. The Morgan fingerprint density at radius 3 is 2.81 bits per heavy atom. The van der Waals surface area contributed by atoms with E-state index < -0.39 is 0 Å². The zero-order chi connectivity index (χ0) is 18.6. The van der Waals surface area contributed by atoms with Crippen LogP contribution in [0, 0.1) is 0 Å². The van der Waals surface area contributed by atoms with Crippen LogP contribution in [-0.4, -0.2) is 41.0 Å². The van der Waals surface area contributed by atoms with E-state index in [1.807, 2.05) is 41.3 Å². The first-order chi connectivity index (χ1) is 13.2. The van der Waals surface area contributed by atoms with Crippen LogP contribution in [0.1, 0.15) is 30.0 Å². The standard InChI is InChI=1S/C22H23N3O2/c1-27-19-6-2-4-16(14-19)15-21(26)25-12-9-17(10-13-25)20-8-7-18-5-3-11-23-22(18)24-20/h2-8,11,14,17H,9-10,12-13,15H2,1H3. The lowest BCUT2D eigenvalue weighted by atomic mass is 9.92. The largest absolute Gasteiger partial charge is 0.497 e. The second-order valence-electron chi connectivity index (χ2n) is 6.97. The quantitative estimate of drug-likeness (QED) is 0.713. The molecule has 0 atom stereocenters. The molecular weight excluding hydrogens is 338 g/mol. The molecule has 1 aliphatic heterocycles. The Morgan fingerprint density at radius 2 is 2.00 bits per heavy atom. The number of methoxy groups -OCH3 is 1. The minimum Gasteiger partial charge on any atom is -0.497 e. The van der Waals surface area contributed by atoms with Gasteiger partial charge in [-0.2, -0.15) is 0 Å². The van der Waals surface area contributed by atoms with Crippen molar-refractivity contribution in [1.29, 1.82) is 0 Å². The Labute approximate surface area is 159 Å². The molecule has 1 aromatic carbocycles. The van der Waals surface area contributed by atoms with Crippen molar-refractivity contribution in [2.24, 2.45) is 0 Å². The van der Waals surface area contributed by atoms with E-state index in [1.165, 1.54) is 0 Å². The number of hydrogen-bond acceptors (Lipinski definition) is 4. The summed E-state index contributed by atoms with van der Waals surface area (Å²) in [6.07, 6.45) is 4.07. The number of piperidine rings is 1. The summed E-state index contributed by atoms with van der Waals surface area (Å²) in [6, 6.07) is 15.9. The lowest BCUT2D eigenvalue weighted by Gasteiger charge is -2.32. The van der Waals surface area contributed by atoms with Gasteiger partial charge in [-0.25, -0.2) is 9.97 Å². The van der Waals surface area contributed by atoms with Crippen LogP contribution in [-0.2, 0) is 11.2 Å². The number of likely N-dealkylation sites (tertiary alicyclic amines) is 1. The molecule has 5 nitrogen and oxygen atoms in total. The zero-order valence-corrected chi connectivity index (χ0v) is 15.5. The van der Waals surface area contributed by atoms with E-state index in [1.54, 1.807) is 13.3 Å². The van der Waals surface area contributed by atoms with E-state index >= 15 is 0 Å². The van der Waals surface area contributed by atoms with E-state index in [4.69, 9.17) is 9.72 Å². The van der Waals surface area contributed by atoms with Crippen LogP contribution in [0.5, 0.6) is 5.75 Å². The summed E-state index contributed by atoms with van der Waals surface area (Å²) < 4.78 is 5.24. The Balaban J connectivity index is 1.38. The summed E-state index contributed by atoms with van der Waals surface area (Å²) in [5.74, 6) is 1.35. The first kappa shape index (κ1) is 17.5. The van der Waals surface area contributed by atoms with Gasteiger partial charge in [0.2, 0.25) is 5.91 Å². The van der Waals surface area contributed by atoms with Crippen molar-refractivity contribution in [2.45, 2.75) is 25.2 Å². The van der Waals surface area contributed by atoms with E-state index in [0.717, 1.165) is 54.0 Å². The summed E-state index contributed by atoms with van der Waals surface area (Å²) in [6.45, 7) is 1.55. The molecule has 5 heteroatoms. The molecule has 3 aromatic rings. The topological polar surface area (TPSA) is 55.3 Å². The number of fused-ring (bicyclic) bond motifs is 1. The molecule has 27 heavy (non-hydrogen) atoms. The molecule has 138 valence electrons. The zero-order valence-electron chi connectivity index (χ0n) is 15.5. The summed E-state index contributed by atoms with van der Waals surface area (Å²) in [5.41, 5.74) is 2.87. The van der Waals surface area contributed by atoms with Crippen molar-refractivity contribution in [2.75, 3.05) is 20.2 Å². The number of pyridine rings is 2. The molecule has 2 aromatic heterocycles. The van der Waals surface area contributed by atoms with Gasteiger partial charge in [-0.05, 0) is 54.8 Å². The second-order valence-corrected chi connectivity index (χ2v) is 6.97. The number of carbonyl (C=O) groups is 1. The van der Waals surface area contributed by atoms with Crippen molar-refractivity contribution in [3.63, 3.8) is 0 Å². The molecule has 1 saturated heterocycles. The Morgan fingerprint density at radius 1 is 1.15 bits per heavy atom. The van der Waals surface area contributed by atoms with Gasteiger partial charge in [0.15, 0.2) is 5.65 Å². The summed E-state index contributed by atoms with van der Waals surface area (Å²) in [5, 5.41) is 1.06. The average molecular weight is 361 g/mol. The van der Waals surface area contributed by atoms with Gasteiger partial charge in [0.1, 0.15) is 5.75 Å². The number of nitrogens with zero attached hydrogens (tertiary/aromatic N) is 3. The van der Waals surface area contributed by atoms with E-state index in [-0.39, 0.29) is 5.91 Å². The fraction of sp³-hybridized carbons (Fsp3) is 0.318. The van der Waals surface area contributed by atoms with Crippen LogP contribution in [0.3, 0.4) is 0 Å². The molecule has 0 bridgehead atoms. The van der Waals surface area contributed by atoms with Crippen LogP contribution >= 0.6 is 0 Å². The number of hydrogen-bond donors (Lipinski definition) is 0. The molecule has 0 spiro atoms. The first-order valence-corrected chi connectivity index (χ1v) is 9.35. The molecule has 1 fully saturated rings. The van der Waals surface area contributed by atoms with E-state index in [0.29, 0.717) is 12.3 Å². The Kier molecular flexibility index (Phi) is 5.01. The SMILES string of the molecule is COc1cccc(CC(=O)N2CCC(c3ccc4cccnc4n3)CC2)c1. The van der Waals surface area contributed by atoms with Crippen LogP contribution < -0.4 is 4.74 Å². The third-order valence-electron chi connectivity index (χ3n) is 5.24. The molecule has 0 aliphatic carbocycles. The number of benzene rings is 1.